The van der Waals surface area contributed by atoms with Gasteiger partial charge in [0.1, 0.15) is 0 Å². The fourth-order valence-electron chi connectivity index (χ4n) is 0.173. The van der Waals surface area contributed by atoms with Crippen LogP contribution in [0.5, 0.6) is 0 Å². The Morgan fingerprint density at radius 3 is 2.50 bits per heavy atom. The van der Waals surface area contributed by atoms with Crippen LogP contribution in [0.3, 0.4) is 0 Å². The molecule has 8 heavy (non-hydrogen) atoms. The summed E-state index contributed by atoms with van der Waals surface area (Å²) in [4.78, 5) is 9.60. The first-order valence-corrected chi connectivity index (χ1v) is 2.17. The van der Waals surface area contributed by atoms with Crippen LogP contribution >= 0.6 is 0 Å². The van der Waals surface area contributed by atoms with E-state index in [1.807, 2.05) is 5.32 Å². The molecule has 4 nitrogen and oxygen atoms in total. The molecule has 3 N–H and O–H groups in total. The number of hydrogen-bond acceptors (Lipinski definition) is 3. The lowest BCUT2D eigenvalue weighted by Gasteiger charge is -2.17. The van der Waals surface area contributed by atoms with Gasteiger partial charge in [-0.15, -0.1) is 0 Å². The van der Waals surface area contributed by atoms with Gasteiger partial charge in [0.25, 0.3) is 0 Å². The molecule has 0 aliphatic rings. The lowest BCUT2D eigenvalue weighted by molar-refractivity contribution is -0.118. The Morgan fingerprint density at radius 1 is 1.88 bits per heavy atom. The molecule has 0 heterocycles. The second kappa shape index (κ2) is 2.64. The number of rotatable bonds is 3. The van der Waals surface area contributed by atoms with E-state index in [0.717, 1.165) is 0 Å². The smallest absolute Gasteiger partial charge is 0.209 e. The molecule has 0 rings (SSSR count). The second-order valence-corrected chi connectivity index (χ2v) is 1.69. The predicted octanol–water partition coefficient (Wildman–Crippen LogP) is -1.57. The molecule has 0 fully saturated rings. The van der Waals surface area contributed by atoms with Gasteiger partial charge in [0, 0.05) is 0 Å². The zero-order valence-corrected chi connectivity index (χ0v) is 4.59. The summed E-state index contributed by atoms with van der Waals surface area (Å²) in [6.45, 7) is 0.813. The Balaban J connectivity index is 3.53. The molecule has 1 unspecified atom stereocenters. The second-order valence-electron chi connectivity index (χ2n) is 1.69. The fraction of sp³-hybridized carbons (Fsp3) is 0.750. The standard InChI is InChI=1S/C4H9NO3/c1-4(8,2-6)5-3-7/h3,6,8H,2H2,1H3,(H,5,7). The SMILES string of the molecule is CC(O)(CO)NC=O. The van der Waals surface area contributed by atoms with Crippen LogP contribution in [0.2, 0.25) is 0 Å². The van der Waals surface area contributed by atoms with Crippen molar-refractivity contribution in [2.45, 2.75) is 12.6 Å². The van der Waals surface area contributed by atoms with E-state index in [2.05, 4.69) is 0 Å². The highest BCUT2D eigenvalue weighted by Crippen LogP contribution is 1.91. The lowest BCUT2D eigenvalue weighted by Crippen LogP contribution is -2.44. The van der Waals surface area contributed by atoms with Crippen LogP contribution in [0.1, 0.15) is 6.92 Å². The molecule has 0 bridgehead atoms. The van der Waals surface area contributed by atoms with E-state index in [0.29, 0.717) is 6.41 Å². The quantitative estimate of drug-likeness (QED) is 0.310. The Labute approximate surface area is 47.1 Å². The van der Waals surface area contributed by atoms with Gasteiger partial charge in [-0.3, -0.25) is 4.79 Å². The van der Waals surface area contributed by atoms with E-state index < -0.39 is 12.3 Å². The van der Waals surface area contributed by atoms with Crippen LogP contribution in [0, 0.1) is 0 Å². The Morgan fingerprint density at radius 2 is 2.38 bits per heavy atom. The van der Waals surface area contributed by atoms with Gasteiger partial charge in [-0.2, -0.15) is 0 Å². The van der Waals surface area contributed by atoms with Crippen molar-refractivity contribution < 1.29 is 15.0 Å². The maximum Gasteiger partial charge on any atom is 0.209 e. The maximum atomic E-state index is 9.60. The molecule has 0 aromatic carbocycles. The first kappa shape index (κ1) is 7.39. The molecule has 0 saturated heterocycles. The fourth-order valence-corrected chi connectivity index (χ4v) is 0.173. The minimum Gasteiger partial charge on any atom is -0.391 e. The number of carbonyl (C=O) groups is 1. The summed E-state index contributed by atoms with van der Waals surface area (Å²) in [5.74, 6) is 0. The highest BCUT2D eigenvalue weighted by Gasteiger charge is 2.15. The molecule has 0 saturated carbocycles. The molecular formula is C4H9NO3. The molecule has 0 aliphatic carbocycles. The first-order valence-electron chi connectivity index (χ1n) is 2.17. The summed E-state index contributed by atoms with van der Waals surface area (Å²) >= 11 is 0. The topological polar surface area (TPSA) is 69.6 Å². The minimum absolute atomic E-state index is 0.330. The number of aliphatic hydroxyl groups excluding tert-OH is 1. The maximum absolute atomic E-state index is 9.60. The van der Waals surface area contributed by atoms with Crippen molar-refractivity contribution in [3.8, 4) is 0 Å². The van der Waals surface area contributed by atoms with E-state index >= 15 is 0 Å². The number of aliphatic hydroxyl groups is 2. The molecular weight excluding hydrogens is 110 g/mol. The summed E-state index contributed by atoms with van der Waals surface area (Å²) in [6, 6.07) is 0. The Bertz CT molecular complexity index is 81.4. The van der Waals surface area contributed by atoms with Gasteiger partial charge in [0.15, 0.2) is 5.72 Å². The molecule has 48 valence electrons. The minimum atomic E-state index is -1.47. The molecule has 0 aliphatic heterocycles. The lowest BCUT2D eigenvalue weighted by atomic mass is 10.3. The van der Waals surface area contributed by atoms with Gasteiger partial charge < -0.3 is 15.5 Å². The largest absolute Gasteiger partial charge is 0.391 e. The highest BCUT2D eigenvalue weighted by atomic mass is 16.3. The van der Waals surface area contributed by atoms with Gasteiger partial charge >= 0.3 is 0 Å². The Hall–Kier alpha value is -0.610. The zero-order chi connectivity index (χ0) is 6.62. The number of amides is 1. The van der Waals surface area contributed by atoms with Crippen LogP contribution in [-0.4, -0.2) is 29.0 Å². The van der Waals surface area contributed by atoms with E-state index in [4.69, 9.17) is 10.2 Å². The molecule has 0 aromatic rings. The monoisotopic (exact) mass is 119 g/mol. The van der Waals surface area contributed by atoms with Gasteiger partial charge in [-0.05, 0) is 6.92 Å². The van der Waals surface area contributed by atoms with Gasteiger partial charge in [0.05, 0.1) is 6.61 Å². The van der Waals surface area contributed by atoms with Crippen molar-refractivity contribution in [1.29, 1.82) is 0 Å². The van der Waals surface area contributed by atoms with Gasteiger partial charge in [0.2, 0.25) is 6.41 Å². The summed E-state index contributed by atoms with van der Waals surface area (Å²) in [7, 11) is 0. The molecule has 0 spiro atoms. The average molecular weight is 119 g/mol. The normalized spacial score (nSPS) is 16.9. The average Bonchev–Trinajstić information content (AvgIpc) is 1.67. The summed E-state index contributed by atoms with van der Waals surface area (Å²) in [5, 5.41) is 19.0. The van der Waals surface area contributed by atoms with Crippen molar-refractivity contribution in [2.24, 2.45) is 0 Å². The molecule has 0 radical (unpaired) electrons. The summed E-state index contributed by atoms with van der Waals surface area (Å²) < 4.78 is 0. The van der Waals surface area contributed by atoms with Crippen LogP contribution < -0.4 is 5.32 Å². The Kier molecular flexibility index (Phi) is 2.44. The van der Waals surface area contributed by atoms with E-state index in [1.54, 1.807) is 0 Å². The van der Waals surface area contributed by atoms with Gasteiger partial charge in [-0.1, -0.05) is 0 Å². The molecule has 0 aromatic heterocycles. The van der Waals surface area contributed by atoms with E-state index in [9.17, 15) is 4.79 Å². The van der Waals surface area contributed by atoms with Gasteiger partial charge in [-0.25, -0.2) is 0 Å². The van der Waals surface area contributed by atoms with Crippen LogP contribution in [-0.2, 0) is 4.79 Å². The number of nitrogens with one attached hydrogen (secondary N) is 1. The third kappa shape index (κ3) is 2.54. The summed E-state index contributed by atoms with van der Waals surface area (Å²) in [6.07, 6.45) is 0.330. The number of carbonyl (C=O) groups excluding carboxylic acids is 1. The zero-order valence-electron chi connectivity index (χ0n) is 4.59. The van der Waals surface area contributed by atoms with Crippen molar-refractivity contribution in [1.82, 2.24) is 5.32 Å². The van der Waals surface area contributed by atoms with Crippen LogP contribution in [0.4, 0.5) is 0 Å². The van der Waals surface area contributed by atoms with E-state index in [-0.39, 0.29) is 0 Å². The number of hydrogen-bond donors (Lipinski definition) is 3. The van der Waals surface area contributed by atoms with Crippen molar-refractivity contribution in [3.05, 3.63) is 0 Å². The molecule has 1 amide bonds. The van der Waals surface area contributed by atoms with Crippen LogP contribution in [0.25, 0.3) is 0 Å². The molecule has 1 atom stereocenters. The summed E-state index contributed by atoms with van der Waals surface area (Å²) in [5.41, 5.74) is -1.47. The third-order valence-corrected chi connectivity index (χ3v) is 0.678. The highest BCUT2D eigenvalue weighted by molar-refractivity contribution is 5.47. The van der Waals surface area contributed by atoms with E-state index in [1.165, 1.54) is 6.92 Å². The first-order chi connectivity index (χ1) is 3.62. The third-order valence-electron chi connectivity index (χ3n) is 0.678. The van der Waals surface area contributed by atoms with Crippen LogP contribution in [0.15, 0.2) is 0 Å². The predicted molar refractivity (Wildman–Crippen MR) is 26.9 cm³/mol. The van der Waals surface area contributed by atoms with Crippen molar-refractivity contribution in [2.75, 3.05) is 6.61 Å². The van der Waals surface area contributed by atoms with Crippen molar-refractivity contribution >= 4 is 6.41 Å². The molecule has 4 heteroatoms. The van der Waals surface area contributed by atoms with Crippen molar-refractivity contribution in [3.63, 3.8) is 0 Å².